The number of hydrogen-bond donors (Lipinski definition) is 0. The van der Waals surface area contributed by atoms with Crippen LogP contribution in [0.15, 0.2) is 46.2 Å². The lowest BCUT2D eigenvalue weighted by atomic mass is 10.2. The smallest absolute Gasteiger partial charge is 0.293 e. The van der Waals surface area contributed by atoms with E-state index in [1.807, 2.05) is 30.3 Å². The molecule has 2 aromatic rings. The molecule has 1 aromatic heterocycles. The van der Waals surface area contributed by atoms with Crippen LogP contribution in [0.1, 0.15) is 30.0 Å². The van der Waals surface area contributed by atoms with E-state index in [1.54, 1.807) is 6.07 Å². The van der Waals surface area contributed by atoms with Crippen molar-refractivity contribution in [1.82, 2.24) is 9.78 Å². The zero-order valence-corrected chi connectivity index (χ0v) is 13.5. The van der Waals surface area contributed by atoms with Gasteiger partial charge in [0.25, 0.3) is 5.56 Å². The van der Waals surface area contributed by atoms with Gasteiger partial charge in [0.15, 0.2) is 0 Å². The highest BCUT2D eigenvalue weighted by molar-refractivity contribution is 7.78. The molecular weight excluding hydrogens is 310 g/mol. The third kappa shape index (κ3) is 4.20. The second kappa shape index (κ2) is 7.42. The molecule has 3 rings (SSSR count). The van der Waals surface area contributed by atoms with Gasteiger partial charge >= 0.3 is 0 Å². The van der Waals surface area contributed by atoms with Crippen LogP contribution in [0.2, 0.25) is 0 Å². The van der Waals surface area contributed by atoms with Gasteiger partial charge in [0, 0.05) is 5.92 Å². The molecule has 0 amide bonds. The van der Waals surface area contributed by atoms with E-state index in [2.05, 4.69) is 27.5 Å². The standard InChI is InChI=1S/C17H17N3O2S/c21-17-16(18-12-23)10-15(14-6-7-14)19-20(17)8-9-22-11-13-4-2-1-3-5-13/h1-5,10,14H,6-9,11H2. The first-order valence-corrected chi connectivity index (χ1v) is 8.00. The Hall–Kier alpha value is -2.14. The molecule has 5 nitrogen and oxygen atoms in total. The third-order valence-corrected chi connectivity index (χ3v) is 3.79. The Bertz CT molecular complexity index is 778. The van der Waals surface area contributed by atoms with Crippen molar-refractivity contribution in [1.29, 1.82) is 0 Å². The molecule has 0 unspecified atom stereocenters. The number of ether oxygens (including phenoxy) is 1. The van der Waals surface area contributed by atoms with Crippen molar-refractivity contribution in [2.24, 2.45) is 4.99 Å². The van der Waals surface area contributed by atoms with Crippen molar-refractivity contribution < 1.29 is 4.74 Å². The number of aromatic nitrogens is 2. The first-order chi connectivity index (χ1) is 11.3. The van der Waals surface area contributed by atoms with Crippen LogP contribution < -0.4 is 5.56 Å². The minimum absolute atomic E-state index is 0.255. The van der Waals surface area contributed by atoms with Gasteiger partial charge in [-0.05, 0) is 36.7 Å². The molecule has 1 aliphatic carbocycles. The summed E-state index contributed by atoms with van der Waals surface area (Å²) in [6, 6.07) is 11.6. The van der Waals surface area contributed by atoms with E-state index in [0.29, 0.717) is 31.4 Å². The van der Waals surface area contributed by atoms with Crippen LogP contribution in [-0.4, -0.2) is 21.5 Å². The molecule has 0 bridgehead atoms. The number of isothiocyanates is 1. The monoisotopic (exact) mass is 327 g/mol. The van der Waals surface area contributed by atoms with Crippen molar-refractivity contribution in [2.75, 3.05) is 6.61 Å². The van der Waals surface area contributed by atoms with Crippen molar-refractivity contribution >= 4 is 23.1 Å². The maximum Gasteiger partial charge on any atom is 0.293 e. The number of hydrogen-bond acceptors (Lipinski definition) is 5. The predicted octanol–water partition coefficient (Wildman–Crippen LogP) is 3.07. The van der Waals surface area contributed by atoms with Crippen molar-refractivity contribution in [2.45, 2.75) is 31.9 Å². The van der Waals surface area contributed by atoms with Gasteiger partial charge in [-0.2, -0.15) is 10.1 Å². The summed E-state index contributed by atoms with van der Waals surface area (Å²) in [6.45, 7) is 1.33. The molecule has 1 fully saturated rings. The first-order valence-electron chi connectivity index (χ1n) is 7.59. The lowest BCUT2D eigenvalue weighted by Crippen LogP contribution is -2.25. The van der Waals surface area contributed by atoms with Crippen molar-refractivity contribution in [3.8, 4) is 0 Å². The summed E-state index contributed by atoms with van der Waals surface area (Å²) in [6.07, 6.45) is 2.22. The van der Waals surface area contributed by atoms with Gasteiger partial charge < -0.3 is 4.74 Å². The number of rotatable bonds is 7. The number of benzene rings is 1. The van der Waals surface area contributed by atoms with E-state index < -0.39 is 0 Å². The average Bonchev–Trinajstić information content (AvgIpc) is 3.41. The zero-order valence-electron chi connectivity index (χ0n) is 12.6. The minimum Gasteiger partial charge on any atom is -0.375 e. The highest BCUT2D eigenvalue weighted by Gasteiger charge is 2.26. The van der Waals surface area contributed by atoms with E-state index in [-0.39, 0.29) is 5.56 Å². The fraction of sp³-hybridized carbons (Fsp3) is 0.353. The Morgan fingerprint density at radius 1 is 1.35 bits per heavy atom. The fourth-order valence-corrected chi connectivity index (χ4v) is 2.42. The Morgan fingerprint density at radius 3 is 2.83 bits per heavy atom. The quantitative estimate of drug-likeness (QED) is 0.445. The van der Waals surface area contributed by atoms with Crippen molar-refractivity contribution in [3.05, 3.63) is 58.0 Å². The second-order valence-corrected chi connectivity index (χ2v) is 5.68. The van der Waals surface area contributed by atoms with Crippen molar-refractivity contribution in [3.63, 3.8) is 0 Å². The molecule has 0 saturated heterocycles. The molecule has 0 atom stereocenters. The second-order valence-electron chi connectivity index (χ2n) is 5.50. The zero-order chi connectivity index (χ0) is 16.1. The largest absolute Gasteiger partial charge is 0.375 e. The summed E-state index contributed by atoms with van der Waals surface area (Å²) in [5, 5.41) is 6.69. The van der Waals surface area contributed by atoms with E-state index >= 15 is 0 Å². The SMILES string of the molecule is O=c1c(N=C=S)cc(C2CC2)nn1CCOCc1ccccc1. The molecule has 1 aliphatic rings. The molecule has 0 spiro atoms. The molecule has 0 radical (unpaired) electrons. The minimum atomic E-state index is -0.255. The summed E-state index contributed by atoms with van der Waals surface area (Å²) < 4.78 is 7.05. The Labute approximate surface area is 139 Å². The van der Waals surface area contributed by atoms with E-state index in [4.69, 9.17) is 4.74 Å². The number of thiocarbonyl (C=S) groups is 1. The van der Waals surface area contributed by atoms with Crippen LogP contribution in [-0.2, 0) is 17.9 Å². The summed E-state index contributed by atoms with van der Waals surface area (Å²) in [5.41, 5.74) is 2.05. The molecule has 6 heteroatoms. The van der Waals surface area contributed by atoms with Gasteiger partial charge in [-0.25, -0.2) is 4.68 Å². The highest BCUT2D eigenvalue weighted by atomic mass is 32.1. The maximum atomic E-state index is 12.3. The van der Waals surface area contributed by atoms with E-state index in [0.717, 1.165) is 24.1 Å². The Kier molecular flexibility index (Phi) is 5.08. The van der Waals surface area contributed by atoms with Crippen LogP contribution >= 0.6 is 12.2 Å². The summed E-state index contributed by atoms with van der Waals surface area (Å²) >= 11 is 4.61. The van der Waals surface area contributed by atoms with E-state index in [9.17, 15) is 4.79 Å². The summed E-state index contributed by atoms with van der Waals surface area (Å²) in [4.78, 5) is 16.1. The topological polar surface area (TPSA) is 56.5 Å². The van der Waals surface area contributed by atoms with Gasteiger partial charge in [0.1, 0.15) is 5.69 Å². The van der Waals surface area contributed by atoms with Gasteiger partial charge in [0.05, 0.1) is 30.6 Å². The van der Waals surface area contributed by atoms with Crippen LogP contribution in [0, 0.1) is 0 Å². The fourth-order valence-electron chi connectivity index (χ4n) is 2.32. The predicted molar refractivity (Wildman–Crippen MR) is 91.3 cm³/mol. The van der Waals surface area contributed by atoms with Gasteiger partial charge in [-0.1, -0.05) is 30.3 Å². The maximum absolute atomic E-state index is 12.3. The van der Waals surface area contributed by atoms with Gasteiger partial charge in [0.2, 0.25) is 0 Å². The van der Waals surface area contributed by atoms with Gasteiger partial charge in [-0.15, -0.1) is 0 Å². The average molecular weight is 327 g/mol. The van der Waals surface area contributed by atoms with Gasteiger partial charge in [-0.3, -0.25) is 4.79 Å². The molecular formula is C17H17N3O2S. The molecule has 1 aromatic carbocycles. The normalized spacial score (nSPS) is 13.6. The highest BCUT2D eigenvalue weighted by Crippen LogP contribution is 2.39. The Morgan fingerprint density at radius 2 is 2.13 bits per heavy atom. The molecule has 23 heavy (non-hydrogen) atoms. The summed E-state index contributed by atoms with van der Waals surface area (Å²) in [5.74, 6) is 0.436. The number of aliphatic imine (C=N–C) groups is 1. The molecule has 1 heterocycles. The molecule has 0 N–H and O–H groups in total. The van der Waals surface area contributed by atoms with Crippen LogP contribution in [0.4, 0.5) is 5.69 Å². The summed E-state index contributed by atoms with van der Waals surface area (Å²) in [7, 11) is 0. The molecule has 118 valence electrons. The van der Waals surface area contributed by atoms with Crippen LogP contribution in [0.3, 0.4) is 0 Å². The third-order valence-electron chi connectivity index (χ3n) is 3.70. The van der Waals surface area contributed by atoms with Crippen LogP contribution in [0.25, 0.3) is 0 Å². The van der Waals surface area contributed by atoms with Crippen LogP contribution in [0.5, 0.6) is 0 Å². The Balaban J connectivity index is 1.66. The number of nitrogens with zero attached hydrogens (tertiary/aromatic N) is 3. The lowest BCUT2D eigenvalue weighted by molar-refractivity contribution is 0.109. The first kappa shape index (κ1) is 15.7. The molecule has 0 aliphatic heterocycles. The lowest BCUT2D eigenvalue weighted by Gasteiger charge is -2.09. The van der Waals surface area contributed by atoms with E-state index in [1.165, 1.54) is 4.68 Å². The molecule has 1 saturated carbocycles.